The molecule has 0 fully saturated rings. The average Bonchev–Trinajstić information content (AvgIpc) is 3.04. The summed E-state index contributed by atoms with van der Waals surface area (Å²) >= 11 is 13.6. The van der Waals surface area contributed by atoms with Gasteiger partial charge in [0.1, 0.15) is 0 Å². The summed E-state index contributed by atoms with van der Waals surface area (Å²) in [6.45, 7) is 5.73. The maximum atomic E-state index is 13.5. The van der Waals surface area contributed by atoms with Gasteiger partial charge in [-0.05, 0) is 50.1 Å². The second-order valence-corrected chi connectivity index (χ2v) is 9.23. The highest BCUT2D eigenvalue weighted by molar-refractivity contribution is 7.07. The number of carbonyl (C=O) groups is 1. The minimum Gasteiger partial charge on any atom is -0.463 e. The lowest BCUT2D eigenvalue weighted by atomic mass is 9.95. The molecular formula is C24H20Cl2N2O3S. The van der Waals surface area contributed by atoms with Gasteiger partial charge in [-0.1, -0.05) is 70.4 Å². The Kier molecular flexibility index (Phi) is 6.38. The summed E-state index contributed by atoms with van der Waals surface area (Å²) in [6, 6.07) is 12.2. The Labute approximate surface area is 198 Å². The van der Waals surface area contributed by atoms with Crippen molar-refractivity contribution in [3.8, 4) is 0 Å². The zero-order valence-electron chi connectivity index (χ0n) is 17.7. The summed E-state index contributed by atoms with van der Waals surface area (Å²) in [5, 5.41) is 0.962. The Hall–Kier alpha value is -2.67. The molecule has 1 aliphatic rings. The lowest BCUT2D eigenvalue weighted by molar-refractivity contribution is -0.139. The van der Waals surface area contributed by atoms with Crippen LogP contribution in [0.1, 0.15) is 36.6 Å². The number of aryl methyl sites for hydroxylation is 1. The van der Waals surface area contributed by atoms with Crippen LogP contribution in [0.25, 0.3) is 6.08 Å². The van der Waals surface area contributed by atoms with E-state index in [9.17, 15) is 9.59 Å². The summed E-state index contributed by atoms with van der Waals surface area (Å²) < 4.78 is 7.33. The van der Waals surface area contributed by atoms with Crippen molar-refractivity contribution in [2.75, 3.05) is 6.61 Å². The second-order valence-electron chi connectivity index (χ2n) is 7.38. The highest BCUT2D eigenvalue weighted by Gasteiger charge is 2.33. The number of hydrogen-bond donors (Lipinski definition) is 0. The Balaban J connectivity index is 1.96. The third kappa shape index (κ3) is 4.18. The SMILES string of the molecule is CCOC(=O)C1=C(C)N=c2s/c(=C/c3ccc(Cl)cc3Cl)c(=O)n2C1c1ccc(C)cc1. The molecule has 2 heterocycles. The molecule has 1 atom stereocenters. The molecule has 3 aromatic rings. The predicted molar refractivity (Wildman–Crippen MR) is 128 cm³/mol. The van der Waals surface area contributed by atoms with Crippen LogP contribution in [0.5, 0.6) is 0 Å². The van der Waals surface area contributed by atoms with Gasteiger partial charge in [-0.25, -0.2) is 9.79 Å². The molecule has 4 rings (SSSR count). The Bertz CT molecular complexity index is 1420. The van der Waals surface area contributed by atoms with E-state index >= 15 is 0 Å². The largest absolute Gasteiger partial charge is 0.463 e. The Morgan fingerprint density at radius 3 is 2.56 bits per heavy atom. The summed E-state index contributed by atoms with van der Waals surface area (Å²) in [5.74, 6) is -0.477. The number of thiazole rings is 1. The highest BCUT2D eigenvalue weighted by atomic mass is 35.5. The van der Waals surface area contributed by atoms with E-state index in [-0.39, 0.29) is 12.2 Å². The van der Waals surface area contributed by atoms with E-state index in [2.05, 4.69) is 4.99 Å². The van der Waals surface area contributed by atoms with E-state index in [1.165, 1.54) is 11.3 Å². The van der Waals surface area contributed by atoms with Gasteiger partial charge < -0.3 is 4.74 Å². The molecule has 0 N–H and O–H groups in total. The topological polar surface area (TPSA) is 60.7 Å². The normalized spacial score (nSPS) is 16.0. The molecule has 1 aliphatic heterocycles. The number of esters is 1. The summed E-state index contributed by atoms with van der Waals surface area (Å²) in [6.07, 6.45) is 1.72. The van der Waals surface area contributed by atoms with Crippen molar-refractivity contribution >= 4 is 46.6 Å². The average molecular weight is 487 g/mol. The minimum atomic E-state index is -0.631. The summed E-state index contributed by atoms with van der Waals surface area (Å²) in [5.41, 5.74) is 3.21. The van der Waals surface area contributed by atoms with Crippen molar-refractivity contribution in [3.05, 3.63) is 100 Å². The molecule has 32 heavy (non-hydrogen) atoms. The van der Waals surface area contributed by atoms with Crippen molar-refractivity contribution < 1.29 is 9.53 Å². The lowest BCUT2D eigenvalue weighted by Gasteiger charge is -2.24. The van der Waals surface area contributed by atoms with Crippen LogP contribution in [0.2, 0.25) is 10.0 Å². The van der Waals surface area contributed by atoms with E-state index in [4.69, 9.17) is 27.9 Å². The number of benzene rings is 2. The molecule has 5 nitrogen and oxygen atoms in total. The number of rotatable bonds is 4. The maximum Gasteiger partial charge on any atom is 0.338 e. The molecule has 0 saturated carbocycles. The highest BCUT2D eigenvalue weighted by Crippen LogP contribution is 2.31. The third-order valence-corrected chi connectivity index (χ3v) is 6.70. The number of halogens is 2. The van der Waals surface area contributed by atoms with Crippen molar-refractivity contribution in [2.45, 2.75) is 26.8 Å². The smallest absolute Gasteiger partial charge is 0.338 e. The zero-order chi connectivity index (χ0) is 23.0. The Morgan fingerprint density at radius 2 is 1.91 bits per heavy atom. The lowest BCUT2D eigenvalue weighted by Crippen LogP contribution is -2.39. The van der Waals surface area contributed by atoms with Gasteiger partial charge in [0.2, 0.25) is 0 Å². The molecule has 1 aromatic heterocycles. The first-order chi connectivity index (χ1) is 15.3. The fraction of sp³-hybridized carbons (Fsp3) is 0.208. The van der Waals surface area contributed by atoms with Gasteiger partial charge in [-0.2, -0.15) is 0 Å². The second kappa shape index (κ2) is 9.06. The number of fused-ring (bicyclic) bond motifs is 1. The molecule has 2 aromatic carbocycles. The van der Waals surface area contributed by atoms with Gasteiger partial charge in [0.25, 0.3) is 5.56 Å². The van der Waals surface area contributed by atoms with Crippen LogP contribution < -0.4 is 14.9 Å². The molecule has 0 amide bonds. The fourth-order valence-corrected chi connectivity index (χ4v) is 5.12. The van der Waals surface area contributed by atoms with Crippen molar-refractivity contribution in [2.24, 2.45) is 4.99 Å². The zero-order valence-corrected chi connectivity index (χ0v) is 20.0. The molecule has 8 heteroatoms. The van der Waals surface area contributed by atoms with Crippen LogP contribution in [-0.4, -0.2) is 17.1 Å². The van der Waals surface area contributed by atoms with Gasteiger partial charge in [0.05, 0.1) is 28.5 Å². The van der Waals surface area contributed by atoms with Gasteiger partial charge in [0.15, 0.2) is 4.80 Å². The molecule has 0 spiro atoms. The van der Waals surface area contributed by atoms with Crippen molar-refractivity contribution in [3.63, 3.8) is 0 Å². The number of aromatic nitrogens is 1. The van der Waals surface area contributed by atoms with E-state index in [0.717, 1.165) is 11.1 Å². The molecule has 0 radical (unpaired) electrons. The fourth-order valence-electron chi connectivity index (χ4n) is 3.62. The summed E-state index contributed by atoms with van der Waals surface area (Å²) in [7, 11) is 0. The van der Waals surface area contributed by atoms with Crippen LogP contribution in [0.4, 0.5) is 0 Å². The van der Waals surface area contributed by atoms with E-state index in [1.54, 1.807) is 42.7 Å². The standard InChI is InChI=1S/C24H20Cl2N2O3S/c1-4-31-23(30)20-14(3)27-24-28(21(20)15-7-5-13(2)6-8-15)22(29)19(32-24)11-16-9-10-17(25)12-18(16)26/h5-12,21H,4H2,1-3H3/b19-11+. The third-order valence-electron chi connectivity index (χ3n) is 5.16. The van der Waals surface area contributed by atoms with Gasteiger partial charge in [0, 0.05) is 10.0 Å². The number of allylic oxidation sites excluding steroid dienone is 1. The monoisotopic (exact) mass is 486 g/mol. The first-order valence-corrected chi connectivity index (χ1v) is 11.6. The number of carbonyl (C=O) groups excluding carboxylic acids is 1. The first-order valence-electron chi connectivity index (χ1n) is 10.0. The molecule has 0 aliphatic carbocycles. The number of hydrogen-bond acceptors (Lipinski definition) is 5. The predicted octanol–water partition coefficient (Wildman–Crippen LogP) is 4.41. The van der Waals surface area contributed by atoms with Crippen molar-refractivity contribution in [1.82, 2.24) is 4.57 Å². The van der Waals surface area contributed by atoms with E-state index < -0.39 is 12.0 Å². The summed E-state index contributed by atoms with van der Waals surface area (Å²) in [4.78, 5) is 31.5. The molecular weight excluding hydrogens is 467 g/mol. The molecule has 0 bridgehead atoms. The number of ether oxygens (including phenoxy) is 1. The van der Waals surface area contributed by atoms with E-state index in [1.807, 2.05) is 31.2 Å². The van der Waals surface area contributed by atoms with Crippen LogP contribution in [0.15, 0.2) is 63.5 Å². The van der Waals surface area contributed by atoms with Crippen LogP contribution in [0, 0.1) is 6.92 Å². The minimum absolute atomic E-state index is 0.232. The molecule has 1 unspecified atom stereocenters. The molecule has 0 saturated heterocycles. The molecule has 164 valence electrons. The van der Waals surface area contributed by atoms with Crippen LogP contribution in [-0.2, 0) is 9.53 Å². The Morgan fingerprint density at radius 1 is 1.19 bits per heavy atom. The van der Waals surface area contributed by atoms with Crippen LogP contribution in [0.3, 0.4) is 0 Å². The van der Waals surface area contributed by atoms with Crippen molar-refractivity contribution in [1.29, 1.82) is 0 Å². The maximum absolute atomic E-state index is 13.5. The van der Waals surface area contributed by atoms with Gasteiger partial charge >= 0.3 is 5.97 Å². The number of nitrogens with zero attached hydrogens (tertiary/aromatic N) is 2. The quantitative estimate of drug-likeness (QED) is 0.513. The van der Waals surface area contributed by atoms with Crippen LogP contribution >= 0.6 is 34.5 Å². The first kappa shape index (κ1) is 22.5. The van der Waals surface area contributed by atoms with E-state index in [0.29, 0.717) is 36.2 Å². The van der Waals surface area contributed by atoms with Gasteiger partial charge in [-0.3, -0.25) is 9.36 Å². The van der Waals surface area contributed by atoms with Gasteiger partial charge in [-0.15, -0.1) is 0 Å².